The van der Waals surface area contributed by atoms with Gasteiger partial charge in [0.05, 0.1) is 0 Å². The molecule has 0 aliphatic rings. The Morgan fingerprint density at radius 3 is 2.15 bits per heavy atom. The largest absolute Gasteiger partial charge is 0.508 e. The van der Waals surface area contributed by atoms with Crippen molar-refractivity contribution in [3.8, 4) is 11.5 Å². The number of aromatic hydroxyl groups is 2. The van der Waals surface area contributed by atoms with Gasteiger partial charge in [0.2, 0.25) is 0 Å². The molecule has 1 aromatic carbocycles. The number of rotatable bonds is 3. The van der Waals surface area contributed by atoms with Gasteiger partial charge in [-0.15, -0.1) is 0 Å². The molecule has 0 amide bonds. The van der Waals surface area contributed by atoms with Crippen molar-refractivity contribution >= 4 is 0 Å². The summed E-state index contributed by atoms with van der Waals surface area (Å²) in [6.07, 6.45) is 2.01. The number of phenols is 2. The normalized spacial score (nSPS) is 12.8. The van der Waals surface area contributed by atoms with Gasteiger partial charge in [-0.3, -0.25) is 0 Å². The Morgan fingerprint density at radius 2 is 1.69 bits per heavy atom. The highest BCUT2D eigenvalue weighted by Crippen LogP contribution is 2.22. The molecule has 1 rings (SSSR count). The van der Waals surface area contributed by atoms with E-state index in [9.17, 15) is 10.2 Å². The highest BCUT2D eigenvalue weighted by atomic mass is 16.3. The fraction of sp³-hybridized carbons (Fsp3) is 0.455. The quantitative estimate of drug-likeness (QED) is 0.750. The summed E-state index contributed by atoms with van der Waals surface area (Å²) in [6, 6.07) is 4.75. The minimum atomic E-state index is 0.137. The summed E-state index contributed by atoms with van der Waals surface area (Å²) in [5.74, 6) is 0.859. The summed E-state index contributed by atoms with van der Waals surface area (Å²) in [6.45, 7) is 4.29. The lowest BCUT2D eigenvalue weighted by Crippen LogP contribution is -1.97. The van der Waals surface area contributed by atoms with Crippen molar-refractivity contribution in [1.29, 1.82) is 0 Å². The lowest BCUT2D eigenvalue weighted by molar-refractivity contribution is 0.447. The smallest absolute Gasteiger partial charge is 0.119 e. The van der Waals surface area contributed by atoms with Crippen molar-refractivity contribution in [2.45, 2.75) is 26.7 Å². The molecule has 0 fully saturated rings. The summed E-state index contributed by atoms with van der Waals surface area (Å²) >= 11 is 0. The Bertz CT molecular complexity index is 261. The van der Waals surface area contributed by atoms with Gasteiger partial charge in [0.25, 0.3) is 0 Å². The van der Waals surface area contributed by atoms with Crippen LogP contribution in [0.1, 0.15) is 25.8 Å². The summed E-state index contributed by atoms with van der Waals surface area (Å²) in [7, 11) is 0. The first kappa shape index (κ1) is 9.90. The van der Waals surface area contributed by atoms with E-state index >= 15 is 0 Å². The highest BCUT2D eigenvalue weighted by Gasteiger charge is 2.03. The van der Waals surface area contributed by atoms with Crippen LogP contribution in [0.2, 0.25) is 0 Å². The molecule has 0 spiro atoms. The number of benzene rings is 1. The molecular weight excluding hydrogens is 164 g/mol. The zero-order valence-corrected chi connectivity index (χ0v) is 8.12. The van der Waals surface area contributed by atoms with E-state index in [-0.39, 0.29) is 11.5 Å². The predicted octanol–water partition coefficient (Wildman–Crippen LogP) is 2.69. The standard InChI is InChI=1S/C11H16O2/c1-3-8(2)4-9-5-10(12)7-11(13)6-9/h5-8,12-13H,3-4H2,1-2H3/t8-/m0/s1. The van der Waals surface area contributed by atoms with Gasteiger partial charge in [0, 0.05) is 6.07 Å². The zero-order valence-electron chi connectivity index (χ0n) is 8.12. The van der Waals surface area contributed by atoms with E-state index in [4.69, 9.17) is 0 Å². The van der Waals surface area contributed by atoms with Crippen LogP contribution in [0, 0.1) is 5.92 Å². The fourth-order valence-electron chi connectivity index (χ4n) is 1.32. The van der Waals surface area contributed by atoms with Crippen LogP contribution in [0.5, 0.6) is 11.5 Å². The van der Waals surface area contributed by atoms with Gasteiger partial charge in [-0.2, -0.15) is 0 Å². The maximum absolute atomic E-state index is 9.22. The van der Waals surface area contributed by atoms with Gasteiger partial charge in [-0.25, -0.2) is 0 Å². The lowest BCUT2D eigenvalue weighted by Gasteiger charge is -2.08. The minimum absolute atomic E-state index is 0.137. The van der Waals surface area contributed by atoms with Gasteiger partial charge >= 0.3 is 0 Å². The highest BCUT2D eigenvalue weighted by molar-refractivity contribution is 5.36. The van der Waals surface area contributed by atoms with E-state index < -0.39 is 0 Å². The molecule has 2 nitrogen and oxygen atoms in total. The second kappa shape index (κ2) is 4.17. The van der Waals surface area contributed by atoms with E-state index in [0.29, 0.717) is 5.92 Å². The molecule has 0 aromatic heterocycles. The second-order valence-corrected chi connectivity index (χ2v) is 3.58. The van der Waals surface area contributed by atoms with Crippen LogP contribution in [0.4, 0.5) is 0 Å². The van der Waals surface area contributed by atoms with Crippen molar-refractivity contribution in [1.82, 2.24) is 0 Å². The Balaban J connectivity index is 2.77. The lowest BCUT2D eigenvalue weighted by atomic mass is 9.99. The second-order valence-electron chi connectivity index (χ2n) is 3.58. The van der Waals surface area contributed by atoms with Crippen molar-refractivity contribution in [3.05, 3.63) is 23.8 Å². The van der Waals surface area contributed by atoms with Gasteiger partial charge in [0.1, 0.15) is 11.5 Å². The summed E-state index contributed by atoms with van der Waals surface area (Å²) in [4.78, 5) is 0. The van der Waals surface area contributed by atoms with E-state index in [1.54, 1.807) is 12.1 Å². The first-order chi connectivity index (χ1) is 6.11. The Hall–Kier alpha value is -1.18. The van der Waals surface area contributed by atoms with E-state index in [1.165, 1.54) is 6.07 Å². The summed E-state index contributed by atoms with van der Waals surface area (Å²) < 4.78 is 0. The fourth-order valence-corrected chi connectivity index (χ4v) is 1.32. The van der Waals surface area contributed by atoms with Crippen LogP contribution >= 0.6 is 0 Å². The third kappa shape index (κ3) is 2.98. The van der Waals surface area contributed by atoms with Crippen LogP contribution in [-0.4, -0.2) is 10.2 Å². The summed E-state index contributed by atoms with van der Waals surface area (Å²) in [5.41, 5.74) is 0.992. The topological polar surface area (TPSA) is 40.5 Å². The molecule has 1 aromatic rings. The monoisotopic (exact) mass is 180 g/mol. The van der Waals surface area contributed by atoms with Crippen molar-refractivity contribution in [2.75, 3.05) is 0 Å². The Kier molecular flexibility index (Phi) is 3.18. The summed E-state index contributed by atoms with van der Waals surface area (Å²) in [5, 5.41) is 18.4. The Morgan fingerprint density at radius 1 is 1.15 bits per heavy atom. The molecule has 2 N–H and O–H groups in total. The molecule has 0 unspecified atom stereocenters. The maximum Gasteiger partial charge on any atom is 0.119 e. The molecule has 0 aliphatic heterocycles. The van der Waals surface area contributed by atoms with Crippen LogP contribution in [-0.2, 0) is 6.42 Å². The predicted molar refractivity (Wildman–Crippen MR) is 52.9 cm³/mol. The maximum atomic E-state index is 9.22. The Labute approximate surface area is 78.8 Å². The molecule has 1 atom stereocenters. The van der Waals surface area contributed by atoms with Crippen LogP contribution in [0.3, 0.4) is 0 Å². The number of hydrogen-bond acceptors (Lipinski definition) is 2. The van der Waals surface area contributed by atoms with E-state index in [1.807, 2.05) is 0 Å². The molecule has 0 heterocycles. The van der Waals surface area contributed by atoms with Crippen LogP contribution in [0.25, 0.3) is 0 Å². The third-order valence-corrected chi connectivity index (χ3v) is 2.24. The van der Waals surface area contributed by atoms with Crippen LogP contribution in [0.15, 0.2) is 18.2 Å². The first-order valence-corrected chi connectivity index (χ1v) is 4.63. The van der Waals surface area contributed by atoms with Crippen molar-refractivity contribution in [2.24, 2.45) is 5.92 Å². The van der Waals surface area contributed by atoms with E-state index in [0.717, 1.165) is 18.4 Å². The first-order valence-electron chi connectivity index (χ1n) is 4.63. The molecule has 13 heavy (non-hydrogen) atoms. The molecule has 2 heteroatoms. The van der Waals surface area contributed by atoms with Gasteiger partial charge in [-0.1, -0.05) is 20.3 Å². The number of phenolic OH excluding ortho intramolecular Hbond substituents is 2. The molecule has 0 saturated heterocycles. The minimum Gasteiger partial charge on any atom is -0.508 e. The molecule has 0 aliphatic carbocycles. The SMILES string of the molecule is CC[C@H](C)Cc1cc(O)cc(O)c1. The van der Waals surface area contributed by atoms with E-state index in [2.05, 4.69) is 13.8 Å². The molecular formula is C11H16O2. The molecule has 0 radical (unpaired) electrons. The van der Waals surface area contributed by atoms with Crippen molar-refractivity contribution in [3.63, 3.8) is 0 Å². The third-order valence-electron chi connectivity index (χ3n) is 2.24. The van der Waals surface area contributed by atoms with Gasteiger partial charge in [0.15, 0.2) is 0 Å². The zero-order chi connectivity index (χ0) is 9.84. The van der Waals surface area contributed by atoms with Crippen molar-refractivity contribution < 1.29 is 10.2 Å². The number of hydrogen-bond donors (Lipinski definition) is 2. The van der Waals surface area contributed by atoms with Gasteiger partial charge < -0.3 is 10.2 Å². The van der Waals surface area contributed by atoms with Gasteiger partial charge in [-0.05, 0) is 30.0 Å². The molecule has 72 valence electrons. The molecule has 0 bridgehead atoms. The van der Waals surface area contributed by atoms with Crippen LogP contribution < -0.4 is 0 Å². The molecule has 0 saturated carbocycles. The average Bonchev–Trinajstić information content (AvgIpc) is 2.02. The average molecular weight is 180 g/mol.